The average molecular weight is 329 g/mol. The number of carbonyl (C=O) groups excluding carboxylic acids is 1. The van der Waals surface area contributed by atoms with Crippen molar-refractivity contribution < 1.29 is 4.79 Å². The number of fused-ring (bicyclic) bond motifs is 1. The van der Waals surface area contributed by atoms with Crippen LogP contribution >= 0.6 is 11.3 Å². The van der Waals surface area contributed by atoms with E-state index in [1.54, 1.807) is 0 Å². The molecule has 0 unspecified atom stereocenters. The van der Waals surface area contributed by atoms with Crippen molar-refractivity contribution in [3.8, 4) is 0 Å². The molecule has 3 rings (SSSR count). The fraction of sp³-hybridized carbons (Fsp3) is 0.312. The first-order chi connectivity index (χ1) is 10.9. The first-order valence-electron chi connectivity index (χ1n) is 7.37. The predicted molar refractivity (Wildman–Crippen MR) is 92.8 cm³/mol. The number of anilines is 1. The van der Waals surface area contributed by atoms with Crippen molar-refractivity contribution in [1.29, 1.82) is 0 Å². The molecule has 2 aromatic heterocycles. The predicted octanol–water partition coefficient (Wildman–Crippen LogP) is 3.64. The number of amides is 2. The number of aromatic amines is 1. The second kappa shape index (κ2) is 6.00. The number of para-hydroxylation sites is 1. The lowest BCUT2D eigenvalue weighted by Gasteiger charge is -2.12. The Kier molecular flexibility index (Phi) is 4.04. The van der Waals surface area contributed by atoms with Gasteiger partial charge in [0.1, 0.15) is 5.01 Å². The van der Waals surface area contributed by atoms with Gasteiger partial charge in [-0.3, -0.25) is 5.32 Å². The number of aromatic nitrogens is 3. The van der Waals surface area contributed by atoms with Gasteiger partial charge in [0.15, 0.2) is 0 Å². The molecular formula is C16H19N5OS. The summed E-state index contributed by atoms with van der Waals surface area (Å²) < 4.78 is 0. The first kappa shape index (κ1) is 15.5. The van der Waals surface area contributed by atoms with Crippen molar-refractivity contribution >= 4 is 33.4 Å². The number of urea groups is 1. The van der Waals surface area contributed by atoms with Gasteiger partial charge in [-0.15, -0.1) is 10.2 Å². The molecule has 2 amide bonds. The number of hydrogen-bond acceptors (Lipinski definition) is 4. The fourth-order valence-corrected chi connectivity index (χ4v) is 2.92. The van der Waals surface area contributed by atoms with Gasteiger partial charge < -0.3 is 10.3 Å². The quantitative estimate of drug-likeness (QED) is 0.686. The molecule has 0 saturated carbocycles. The van der Waals surface area contributed by atoms with Crippen LogP contribution < -0.4 is 10.6 Å². The van der Waals surface area contributed by atoms with E-state index in [1.165, 1.54) is 11.3 Å². The molecule has 3 N–H and O–H groups in total. The van der Waals surface area contributed by atoms with Crippen LogP contribution in [0.1, 0.15) is 31.5 Å². The zero-order valence-corrected chi connectivity index (χ0v) is 14.1. The van der Waals surface area contributed by atoms with Crippen LogP contribution in [0.3, 0.4) is 0 Å². The van der Waals surface area contributed by atoms with E-state index in [-0.39, 0.29) is 11.4 Å². The normalized spacial score (nSPS) is 11.6. The fourth-order valence-electron chi connectivity index (χ4n) is 2.12. The Morgan fingerprint density at radius 1 is 1.26 bits per heavy atom. The largest absolute Gasteiger partial charge is 0.357 e. The number of H-pyrrole nitrogens is 1. The van der Waals surface area contributed by atoms with Gasteiger partial charge in [0, 0.05) is 16.6 Å². The first-order valence-corrected chi connectivity index (χ1v) is 8.19. The molecule has 0 saturated heterocycles. The monoisotopic (exact) mass is 329 g/mol. The lowest BCUT2D eigenvalue weighted by Crippen LogP contribution is -2.28. The third kappa shape index (κ3) is 3.68. The van der Waals surface area contributed by atoms with Gasteiger partial charge in [-0.25, -0.2) is 4.79 Å². The molecule has 23 heavy (non-hydrogen) atoms. The van der Waals surface area contributed by atoms with Crippen LogP contribution in [0.2, 0.25) is 0 Å². The number of benzene rings is 1. The zero-order chi connectivity index (χ0) is 16.4. The average Bonchev–Trinajstić information content (AvgIpc) is 3.10. The maximum absolute atomic E-state index is 12.0. The number of carbonyl (C=O) groups is 1. The summed E-state index contributed by atoms with van der Waals surface area (Å²) in [7, 11) is 0. The standard InChI is InChI=1S/C16H19N5OS/c1-16(2,3)13-20-21-15(23-13)19-14(22)17-9-11-8-10-6-4-5-7-12(10)18-11/h4-8,18H,9H2,1-3H3,(H2,17,19,21,22). The third-order valence-electron chi connectivity index (χ3n) is 3.31. The molecule has 7 heteroatoms. The third-order valence-corrected chi connectivity index (χ3v) is 4.58. The highest BCUT2D eigenvalue weighted by Crippen LogP contribution is 2.27. The van der Waals surface area contributed by atoms with Crippen LogP contribution in [0.25, 0.3) is 10.9 Å². The molecule has 0 aliphatic carbocycles. The number of nitrogens with zero attached hydrogens (tertiary/aromatic N) is 2. The lowest BCUT2D eigenvalue weighted by molar-refractivity contribution is 0.251. The molecule has 0 spiro atoms. The SMILES string of the molecule is CC(C)(C)c1nnc(NC(=O)NCc2cc3ccccc3[nH]2)s1. The van der Waals surface area contributed by atoms with Crippen LogP contribution in [-0.4, -0.2) is 21.2 Å². The van der Waals surface area contributed by atoms with Crippen LogP contribution in [0.4, 0.5) is 9.93 Å². The minimum Gasteiger partial charge on any atom is -0.357 e. The topological polar surface area (TPSA) is 82.7 Å². The highest BCUT2D eigenvalue weighted by atomic mass is 32.1. The van der Waals surface area contributed by atoms with Crippen molar-refractivity contribution in [2.75, 3.05) is 5.32 Å². The molecule has 0 atom stereocenters. The number of hydrogen-bond donors (Lipinski definition) is 3. The van der Waals surface area contributed by atoms with E-state index in [0.29, 0.717) is 11.7 Å². The minimum absolute atomic E-state index is 0.0710. The maximum Gasteiger partial charge on any atom is 0.321 e. The van der Waals surface area contributed by atoms with Gasteiger partial charge >= 0.3 is 6.03 Å². The summed E-state index contributed by atoms with van der Waals surface area (Å²) in [5, 5.41) is 16.2. The lowest BCUT2D eigenvalue weighted by atomic mass is 9.98. The van der Waals surface area contributed by atoms with E-state index < -0.39 is 0 Å². The van der Waals surface area contributed by atoms with Gasteiger partial charge in [-0.1, -0.05) is 50.3 Å². The molecule has 0 aliphatic rings. The molecular weight excluding hydrogens is 310 g/mol. The van der Waals surface area contributed by atoms with Crippen molar-refractivity contribution in [3.63, 3.8) is 0 Å². The highest BCUT2D eigenvalue weighted by Gasteiger charge is 2.19. The molecule has 0 fully saturated rings. The molecule has 1 aromatic carbocycles. The molecule has 2 heterocycles. The summed E-state index contributed by atoms with van der Waals surface area (Å²) in [5.41, 5.74) is 1.94. The van der Waals surface area contributed by atoms with E-state index in [2.05, 4.69) is 46.6 Å². The molecule has 6 nitrogen and oxygen atoms in total. The van der Waals surface area contributed by atoms with E-state index in [4.69, 9.17) is 0 Å². The molecule has 3 aromatic rings. The highest BCUT2D eigenvalue weighted by molar-refractivity contribution is 7.15. The van der Waals surface area contributed by atoms with E-state index in [9.17, 15) is 4.79 Å². The van der Waals surface area contributed by atoms with Gasteiger partial charge in [0.2, 0.25) is 5.13 Å². The Labute approximate surface area is 138 Å². The van der Waals surface area contributed by atoms with Gasteiger partial charge in [-0.2, -0.15) is 0 Å². The van der Waals surface area contributed by atoms with Crippen LogP contribution in [0, 0.1) is 0 Å². The second-order valence-corrected chi connectivity index (χ2v) is 7.33. The summed E-state index contributed by atoms with van der Waals surface area (Å²) in [5.74, 6) is 0. The Morgan fingerprint density at radius 2 is 2.04 bits per heavy atom. The summed E-state index contributed by atoms with van der Waals surface area (Å²) >= 11 is 1.39. The van der Waals surface area contributed by atoms with Gasteiger partial charge in [0.25, 0.3) is 0 Å². The summed E-state index contributed by atoms with van der Waals surface area (Å²) in [6.45, 7) is 6.61. The molecule has 120 valence electrons. The van der Waals surface area contributed by atoms with E-state index in [0.717, 1.165) is 21.6 Å². The molecule has 0 radical (unpaired) electrons. The number of rotatable bonds is 3. The van der Waals surface area contributed by atoms with Crippen molar-refractivity contribution in [2.45, 2.75) is 32.7 Å². The summed E-state index contributed by atoms with van der Waals surface area (Å²) in [4.78, 5) is 15.2. The van der Waals surface area contributed by atoms with Crippen molar-refractivity contribution in [1.82, 2.24) is 20.5 Å². The van der Waals surface area contributed by atoms with E-state index >= 15 is 0 Å². The molecule has 0 aliphatic heterocycles. The second-order valence-electron chi connectivity index (χ2n) is 6.35. The summed E-state index contributed by atoms with van der Waals surface area (Å²) in [6.07, 6.45) is 0. The minimum atomic E-state index is -0.291. The Morgan fingerprint density at radius 3 is 2.74 bits per heavy atom. The Balaban J connectivity index is 1.58. The number of nitrogens with one attached hydrogen (secondary N) is 3. The van der Waals surface area contributed by atoms with Crippen molar-refractivity contribution in [3.05, 3.63) is 41.0 Å². The smallest absolute Gasteiger partial charge is 0.321 e. The van der Waals surface area contributed by atoms with Crippen LogP contribution in [0.15, 0.2) is 30.3 Å². The van der Waals surface area contributed by atoms with E-state index in [1.807, 2.05) is 30.3 Å². The zero-order valence-electron chi connectivity index (χ0n) is 13.3. The van der Waals surface area contributed by atoms with Crippen LogP contribution in [0.5, 0.6) is 0 Å². The Bertz CT molecular complexity index is 797. The van der Waals surface area contributed by atoms with Crippen molar-refractivity contribution in [2.24, 2.45) is 0 Å². The van der Waals surface area contributed by atoms with Gasteiger partial charge in [0.05, 0.1) is 6.54 Å². The summed E-state index contributed by atoms with van der Waals surface area (Å²) in [6, 6.07) is 9.74. The van der Waals surface area contributed by atoms with Crippen LogP contribution in [-0.2, 0) is 12.0 Å². The molecule has 0 bridgehead atoms. The maximum atomic E-state index is 12.0. The Hall–Kier alpha value is -2.41. The van der Waals surface area contributed by atoms with Gasteiger partial charge in [-0.05, 0) is 17.5 Å².